The van der Waals surface area contributed by atoms with Crippen LogP contribution in [0.4, 0.5) is 4.39 Å². The molecule has 0 atom stereocenters. The maximum atomic E-state index is 15.4. The third-order valence-corrected chi connectivity index (χ3v) is 5.11. The Hall–Kier alpha value is -2.54. The first-order chi connectivity index (χ1) is 12.4. The van der Waals surface area contributed by atoms with Crippen LogP contribution >= 0.6 is 0 Å². The summed E-state index contributed by atoms with van der Waals surface area (Å²) < 4.78 is 39.5. The van der Waals surface area contributed by atoms with Gasteiger partial charge < -0.3 is 5.32 Å². The van der Waals surface area contributed by atoms with Crippen LogP contribution in [0.25, 0.3) is 22.3 Å². The zero-order chi connectivity index (χ0) is 18.7. The van der Waals surface area contributed by atoms with Gasteiger partial charge in [-0.05, 0) is 24.2 Å². The summed E-state index contributed by atoms with van der Waals surface area (Å²) >= 11 is 0. The lowest BCUT2D eigenvalue weighted by Crippen LogP contribution is -2.14. The van der Waals surface area contributed by atoms with E-state index in [4.69, 9.17) is 5.14 Å². The second kappa shape index (κ2) is 7.37. The average Bonchev–Trinajstić information content (AvgIpc) is 2.63. The Labute approximate surface area is 152 Å². The van der Waals surface area contributed by atoms with Crippen molar-refractivity contribution in [3.8, 4) is 22.3 Å². The largest absolute Gasteiger partial charge is 0.316 e. The van der Waals surface area contributed by atoms with Gasteiger partial charge in [0.1, 0.15) is 5.82 Å². The van der Waals surface area contributed by atoms with Crippen molar-refractivity contribution < 1.29 is 12.8 Å². The van der Waals surface area contributed by atoms with Crippen LogP contribution in [-0.2, 0) is 16.6 Å². The van der Waals surface area contributed by atoms with E-state index in [0.717, 1.165) is 5.56 Å². The molecule has 134 valence electrons. The quantitative estimate of drug-likeness (QED) is 0.722. The third-order valence-electron chi connectivity index (χ3n) is 4.14. The summed E-state index contributed by atoms with van der Waals surface area (Å²) in [6.07, 6.45) is 0. The zero-order valence-corrected chi connectivity index (χ0v) is 15.1. The Morgan fingerprint density at radius 3 is 2.23 bits per heavy atom. The molecule has 0 radical (unpaired) electrons. The number of halogens is 1. The van der Waals surface area contributed by atoms with Crippen LogP contribution in [0, 0.1) is 5.82 Å². The number of nitrogens with two attached hydrogens (primary N) is 1. The first-order valence-electron chi connectivity index (χ1n) is 8.07. The van der Waals surface area contributed by atoms with E-state index in [1.54, 1.807) is 37.4 Å². The molecule has 0 spiro atoms. The van der Waals surface area contributed by atoms with E-state index in [0.29, 0.717) is 17.7 Å². The number of sulfonamides is 1. The number of nitrogens with one attached hydrogen (secondary N) is 1. The SMILES string of the molecule is CNCc1ccc(-c2ccccc2)c(-c2ccccc2S(N)(=O)=O)c1F. The Morgan fingerprint density at radius 2 is 1.58 bits per heavy atom. The second-order valence-corrected chi connectivity index (χ2v) is 7.43. The highest BCUT2D eigenvalue weighted by Gasteiger charge is 2.22. The highest BCUT2D eigenvalue weighted by atomic mass is 32.2. The molecule has 26 heavy (non-hydrogen) atoms. The fourth-order valence-corrected chi connectivity index (χ4v) is 3.73. The van der Waals surface area contributed by atoms with Crippen molar-refractivity contribution in [1.82, 2.24) is 5.32 Å². The smallest absolute Gasteiger partial charge is 0.238 e. The van der Waals surface area contributed by atoms with Crippen molar-refractivity contribution in [2.24, 2.45) is 5.14 Å². The first kappa shape index (κ1) is 18.3. The molecule has 0 saturated heterocycles. The fourth-order valence-electron chi connectivity index (χ4n) is 2.99. The molecule has 3 aromatic carbocycles. The van der Waals surface area contributed by atoms with Gasteiger partial charge in [-0.25, -0.2) is 17.9 Å². The summed E-state index contributed by atoms with van der Waals surface area (Å²) in [7, 11) is -2.28. The Kier molecular flexibility index (Phi) is 5.18. The molecule has 0 heterocycles. The van der Waals surface area contributed by atoms with Gasteiger partial charge in [0.25, 0.3) is 0 Å². The molecular weight excluding hydrogens is 351 g/mol. The summed E-state index contributed by atoms with van der Waals surface area (Å²) in [6.45, 7) is 0.325. The van der Waals surface area contributed by atoms with Crippen molar-refractivity contribution in [2.45, 2.75) is 11.4 Å². The number of benzene rings is 3. The van der Waals surface area contributed by atoms with Gasteiger partial charge >= 0.3 is 0 Å². The predicted octanol–water partition coefficient (Wildman–Crippen LogP) is 3.53. The van der Waals surface area contributed by atoms with Crippen molar-refractivity contribution in [1.29, 1.82) is 0 Å². The fraction of sp³-hybridized carbons (Fsp3) is 0.100. The molecule has 0 aliphatic rings. The van der Waals surface area contributed by atoms with Gasteiger partial charge in [0.15, 0.2) is 0 Å². The van der Waals surface area contributed by atoms with Gasteiger partial charge in [-0.2, -0.15) is 0 Å². The lowest BCUT2D eigenvalue weighted by atomic mass is 9.92. The Bertz CT molecular complexity index is 1030. The molecule has 0 aliphatic carbocycles. The van der Waals surface area contributed by atoms with E-state index in [1.807, 2.05) is 30.3 Å². The highest BCUT2D eigenvalue weighted by molar-refractivity contribution is 7.89. The standard InChI is InChI=1S/C20H19FN2O2S/c1-23-13-15-11-12-16(14-7-3-2-4-8-14)19(20(15)21)17-9-5-6-10-18(17)26(22,24)25/h2-12,23H,13H2,1H3,(H2,22,24,25). The van der Waals surface area contributed by atoms with Gasteiger partial charge in [-0.3, -0.25) is 0 Å². The molecule has 3 N–H and O–H groups in total. The lowest BCUT2D eigenvalue weighted by molar-refractivity contribution is 0.597. The number of hydrogen-bond donors (Lipinski definition) is 2. The molecule has 0 saturated carbocycles. The van der Waals surface area contributed by atoms with Crippen LogP contribution in [0.1, 0.15) is 5.56 Å². The summed E-state index contributed by atoms with van der Waals surface area (Å²) in [6, 6.07) is 19.0. The predicted molar refractivity (Wildman–Crippen MR) is 101 cm³/mol. The maximum Gasteiger partial charge on any atom is 0.238 e. The van der Waals surface area contributed by atoms with E-state index < -0.39 is 15.8 Å². The Morgan fingerprint density at radius 1 is 0.923 bits per heavy atom. The highest BCUT2D eigenvalue weighted by Crippen LogP contribution is 2.38. The summed E-state index contributed by atoms with van der Waals surface area (Å²) in [5, 5.41) is 8.29. The van der Waals surface area contributed by atoms with Crippen LogP contribution in [0.3, 0.4) is 0 Å². The van der Waals surface area contributed by atoms with E-state index in [2.05, 4.69) is 5.32 Å². The molecule has 0 bridgehead atoms. The average molecular weight is 370 g/mol. The minimum absolute atomic E-state index is 0.0994. The van der Waals surface area contributed by atoms with Crippen molar-refractivity contribution in [3.63, 3.8) is 0 Å². The van der Waals surface area contributed by atoms with Crippen molar-refractivity contribution in [3.05, 3.63) is 78.1 Å². The molecular formula is C20H19FN2O2S. The topological polar surface area (TPSA) is 72.2 Å². The number of hydrogen-bond acceptors (Lipinski definition) is 3. The van der Waals surface area contributed by atoms with E-state index in [1.165, 1.54) is 6.07 Å². The lowest BCUT2D eigenvalue weighted by Gasteiger charge is -2.17. The summed E-state index contributed by atoms with van der Waals surface area (Å²) in [5.74, 6) is -0.461. The number of primary sulfonamides is 1. The first-order valence-corrected chi connectivity index (χ1v) is 9.61. The molecule has 0 aliphatic heterocycles. The molecule has 0 unspecified atom stereocenters. The van der Waals surface area contributed by atoms with E-state index >= 15 is 4.39 Å². The minimum Gasteiger partial charge on any atom is -0.316 e. The van der Waals surface area contributed by atoms with Crippen LogP contribution < -0.4 is 10.5 Å². The van der Waals surface area contributed by atoms with Crippen LogP contribution in [0.5, 0.6) is 0 Å². The van der Waals surface area contributed by atoms with Gasteiger partial charge in [0.2, 0.25) is 10.0 Å². The van der Waals surface area contributed by atoms with Gasteiger partial charge in [0.05, 0.1) is 4.90 Å². The van der Waals surface area contributed by atoms with Gasteiger partial charge in [-0.1, -0.05) is 60.7 Å². The van der Waals surface area contributed by atoms with Crippen LogP contribution in [0.15, 0.2) is 71.6 Å². The zero-order valence-electron chi connectivity index (χ0n) is 14.2. The normalized spacial score (nSPS) is 11.5. The van der Waals surface area contributed by atoms with Gasteiger partial charge in [-0.15, -0.1) is 0 Å². The molecule has 4 nitrogen and oxygen atoms in total. The monoisotopic (exact) mass is 370 g/mol. The maximum absolute atomic E-state index is 15.4. The third kappa shape index (κ3) is 3.53. The molecule has 3 aromatic rings. The van der Waals surface area contributed by atoms with Crippen molar-refractivity contribution in [2.75, 3.05) is 7.05 Å². The molecule has 0 amide bonds. The Balaban J connectivity index is 2.38. The molecule has 0 fully saturated rings. The van der Waals surface area contributed by atoms with Crippen LogP contribution in [0.2, 0.25) is 0 Å². The molecule has 6 heteroatoms. The second-order valence-electron chi connectivity index (χ2n) is 5.90. The minimum atomic E-state index is -4.00. The van der Waals surface area contributed by atoms with Crippen molar-refractivity contribution >= 4 is 10.0 Å². The summed E-state index contributed by atoms with van der Waals surface area (Å²) in [4.78, 5) is -0.0994. The molecule has 3 rings (SSSR count). The summed E-state index contributed by atoms with van der Waals surface area (Å²) in [5.41, 5.74) is 2.34. The van der Waals surface area contributed by atoms with E-state index in [9.17, 15) is 8.42 Å². The number of rotatable bonds is 5. The van der Waals surface area contributed by atoms with E-state index in [-0.39, 0.29) is 16.0 Å². The molecule has 0 aromatic heterocycles. The van der Waals surface area contributed by atoms with Gasteiger partial charge in [0, 0.05) is 23.2 Å². The van der Waals surface area contributed by atoms with Crippen LogP contribution in [-0.4, -0.2) is 15.5 Å².